The molecule has 0 saturated heterocycles. The van der Waals surface area contributed by atoms with Gasteiger partial charge in [-0.2, -0.15) is 0 Å². The van der Waals surface area contributed by atoms with Crippen LogP contribution in [0.2, 0.25) is 0 Å². The van der Waals surface area contributed by atoms with E-state index in [1.807, 2.05) is 0 Å². The van der Waals surface area contributed by atoms with E-state index in [0.29, 0.717) is 0 Å². The molecule has 0 aliphatic carbocycles. The second-order valence-electron chi connectivity index (χ2n) is 1.28. The minimum atomic E-state index is -2.42. The van der Waals surface area contributed by atoms with Gasteiger partial charge >= 0.3 is 0 Å². The Morgan fingerprint density at radius 3 is 2.62 bits per heavy atom. The summed E-state index contributed by atoms with van der Waals surface area (Å²) in [6, 6.07) is 0. The maximum absolute atomic E-state index is 10.5. The van der Waals surface area contributed by atoms with Crippen molar-refractivity contribution < 1.29 is 8.39 Å². The van der Waals surface area contributed by atoms with E-state index in [0.717, 1.165) is 0 Å². The maximum atomic E-state index is 10.5. The minimum absolute atomic E-state index is 0.263. The summed E-state index contributed by atoms with van der Waals surface area (Å²) in [7, 11) is -2.42. The summed E-state index contributed by atoms with van der Waals surface area (Å²) in [5.41, 5.74) is 0. The summed E-state index contributed by atoms with van der Waals surface area (Å²) in [4.78, 5) is 0. The second-order valence-corrected chi connectivity index (χ2v) is 4.74. The molecule has 0 radical (unpaired) electrons. The van der Waals surface area contributed by atoms with Crippen molar-refractivity contribution in [2.75, 3.05) is 12.9 Å². The summed E-state index contributed by atoms with van der Waals surface area (Å²) < 4.78 is 15.1. The molecule has 0 aliphatic heterocycles. The van der Waals surface area contributed by atoms with Crippen LogP contribution < -0.4 is 0 Å². The first kappa shape index (κ1) is 8.07. The van der Waals surface area contributed by atoms with Gasteiger partial charge in [-0.05, 0) is 0 Å². The van der Waals surface area contributed by atoms with Gasteiger partial charge in [0.1, 0.15) is 8.77 Å². The lowest BCUT2D eigenvalue weighted by atomic mass is 10.7. The van der Waals surface area contributed by atoms with Gasteiger partial charge in [-0.15, -0.1) is 6.58 Å². The molecule has 1 atom stereocenters. The SMILES string of the molecule is C=CCOS(C)(=O)=S. The molecule has 0 rings (SSSR count). The van der Waals surface area contributed by atoms with E-state index >= 15 is 0 Å². The van der Waals surface area contributed by atoms with Crippen molar-refractivity contribution >= 4 is 20.0 Å². The Morgan fingerprint density at radius 1 is 2.00 bits per heavy atom. The number of hydrogen-bond acceptors (Lipinski definition) is 3. The van der Waals surface area contributed by atoms with Gasteiger partial charge in [0.2, 0.25) is 0 Å². The summed E-state index contributed by atoms with van der Waals surface area (Å²) in [6.07, 6.45) is 2.88. The minimum Gasteiger partial charge on any atom is -0.286 e. The Balaban J connectivity index is 3.57. The molecule has 0 aromatic rings. The largest absolute Gasteiger partial charge is 0.286 e. The lowest BCUT2D eigenvalue weighted by Crippen LogP contribution is -1.99. The fourth-order valence-electron chi connectivity index (χ4n) is 0.172. The Hall–Kier alpha value is 0.0700. The Morgan fingerprint density at radius 2 is 2.50 bits per heavy atom. The van der Waals surface area contributed by atoms with Gasteiger partial charge in [0.25, 0.3) is 0 Å². The normalized spacial score (nSPS) is 17.1. The standard InChI is InChI=1S/C4H8O2S2/c1-3-4-6-8(2,5)7/h3H,1,4H2,2H3. The lowest BCUT2D eigenvalue weighted by Gasteiger charge is -1.95. The van der Waals surface area contributed by atoms with Crippen LogP contribution in [0.4, 0.5) is 0 Å². The summed E-state index contributed by atoms with van der Waals surface area (Å²) in [5, 5.41) is 0. The quantitative estimate of drug-likeness (QED) is 0.550. The Kier molecular flexibility index (Phi) is 3.19. The Labute approximate surface area is 54.4 Å². The van der Waals surface area contributed by atoms with E-state index in [4.69, 9.17) is 0 Å². The van der Waals surface area contributed by atoms with Crippen molar-refractivity contribution in [3.8, 4) is 0 Å². The number of rotatable bonds is 3. The van der Waals surface area contributed by atoms with Gasteiger partial charge < -0.3 is 0 Å². The first-order valence-corrected chi connectivity index (χ1v) is 4.83. The molecule has 2 nitrogen and oxygen atoms in total. The highest BCUT2D eigenvalue weighted by Crippen LogP contribution is 1.85. The van der Waals surface area contributed by atoms with Gasteiger partial charge in [-0.1, -0.05) is 6.08 Å². The lowest BCUT2D eigenvalue weighted by molar-refractivity contribution is 0.397. The van der Waals surface area contributed by atoms with Crippen LogP contribution in [0.15, 0.2) is 12.7 Å². The van der Waals surface area contributed by atoms with E-state index in [1.54, 1.807) is 0 Å². The molecule has 0 N–H and O–H groups in total. The molecular weight excluding hydrogens is 144 g/mol. The molecule has 0 bridgehead atoms. The topological polar surface area (TPSA) is 26.3 Å². The monoisotopic (exact) mass is 152 g/mol. The van der Waals surface area contributed by atoms with Gasteiger partial charge in [-0.25, -0.2) is 4.21 Å². The molecule has 0 heterocycles. The van der Waals surface area contributed by atoms with E-state index < -0.39 is 8.77 Å². The molecule has 0 fully saturated rings. The third-order valence-electron chi connectivity index (χ3n) is 0.400. The molecule has 8 heavy (non-hydrogen) atoms. The van der Waals surface area contributed by atoms with Crippen LogP contribution >= 0.6 is 0 Å². The van der Waals surface area contributed by atoms with Crippen molar-refractivity contribution in [3.05, 3.63) is 12.7 Å². The van der Waals surface area contributed by atoms with E-state index in [-0.39, 0.29) is 6.61 Å². The van der Waals surface area contributed by atoms with Crippen LogP contribution in [0, 0.1) is 0 Å². The maximum Gasteiger partial charge on any atom is 0.141 e. The Bertz CT molecular complexity index is 157. The smallest absolute Gasteiger partial charge is 0.141 e. The number of hydrogen-bond donors (Lipinski definition) is 0. The zero-order valence-electron chi connectivity index (χ0n) is 4.62. The highest BCUT2D eigenvalue weighted by molar-refractivity contribution is 8.29. The van der Waals surface area contributed by atoms with Crippen molar-refractivity contribution in [2.45, 2.75) is 0 Å². The predicted octanol–water partition coefficient (Wildman–Crippen LogP) is 0.480. The van der Waals surface area contributed by atoms with Crippen LogP contribution in [-0.2, 0) is 24.1 Å². The molecule has 0 spiro atoms. The average Bonchev–Trinajstić information content (AvgIpc) is 1.59. The van der Waals surface area contributed by atoms with Crippen LogP contribution in [0.25, 0.3) is 0 Å². The highest BCUT2D eigenvalue weighted by atomic mass is 32.8. The molecule has 4 heteroatoms. The van der Waals surface area contributed by atoms with Crippen molar-refractivity contribution in [2.24, 2.45) is 0 Å². The summed E-state index contributed by atoms with van der Waals surface area (Å²) >= 11 is 4.41. The van der Waals surface area contributed by atoms with E-state index in [1.165, 1.54) is 12.3 Å². The highest BCUT2D eigenvalue weighted by Gasteiger charge is 1.90. The fraction of sp³-hybridized carbons (Fsp3) is 0.500. The first-order valence-electron chi connectivity index (χ1n) is 2.01. The summed E-state index contributed by atoms with van der Waals surface area (Å²) in [6.45, 7) is 3.63. The van der Waals surface area contributed by atoms with Gasteiger partial charge in [0.15, 0.2) is 0 Å². The van der Waals surface area contributed by atoms with Crippen LogP contribution in [0.5, 0.6) is 0 Å². The van der Waals surface area contributed by atoms with Crippen LogP contribution in [0.3, 0.4) is 0 Å². The molecule has 0 aromatic heterocycles. The summed E-state index contributed by atoms with van der Waals surface area (Å²) in [5.74, 6) is 0. The second kappa shape index (κ2) is 3.17. The van der Waals surface area contributed by atoms with Gasteiger partial charge in [-0.3, -0.25) is 4.18 Å². The van der Waals surface area contributed by atoms with Crippen LogP contribution in [0.1, 0.15) is 0 Å². The van der Waals surface area contributed by atoms with Crippen LogP contribution in [-0.4, -0.2) is 17.1 Å². The fourth-order valence-corrected chi connectivity index (χ4v) is 0.682. The third-order valence-corrected chi connectivity index (χ3v) is 1.25. The van der Waals surface area contributed by atoms with E-state index in [9.17, 15) is 4.21 Å². The van der Waals surface area contributed by atoms with Gasteiger partial charge in [0.05, 0.1) is 6.61 Å². The zero-order chi connectivity index (χ0) is 6.62. The molecule has 0 amide bonds. The molecule has 0 aromatic carbocycles. The van der Waals surface area contributed by atoms with Gasteiger partial charge in [0, 0.05) is 17.4 Å². The van der Waals surface area contributed by atoms with Crippen molar-refractivity contribution in [1.82, 2.24) is 0 Å². The molecule has 0 aliphatic rings. The molecule has 0 saturated carbocycles. The third kappa shape index (κ3) is 6.07. The van der Waals surface area contributed by atoms with Crippen molar-refractivity contribution in [1.29, 1.82) is 0 Å². The molecule has 48 valence electrons. The first-order chi connectivity index (χ1) is 3.56. The predicted molar refractivity (Wildman–Crippen MR) is 37.6 cm³/mol. The van der Waals surface area contributed by atoms with Crippen molar-refractivity contribution in [3.63, 3.8) is 0 Å². The molecule has 1 unspecified atom stereocenters. The van der Waals surface area contributed by atoms with E-state index in [2.05, 4.69) is 22.0 Å². The average molecular weight is 152 g/mol. The zero-order valence-corrected chi connectivity index (χ0v) is 6.26. The molecular formula is C4H8O2S2.